The monoisotopic (exact) mass is 413 g/mol. The van der Waals surface area contributed by atoms with Crippen LogP contribution >= 0.6 is 0 Å². The first kappa shape index (κ1) is 23.7. The van der Waals surface area contributed by atoms with Gasteiger partial charge in [-0.25, -0.2) is 0 Å². The van der Waals surface area contributed by atoms with Gasteiger partial charge in [0.2, 0.25) is 0 Å². The van der Waals surface area contributed by atoms with E-state index in [1.165, 1.54) is 5.56 Å². The molecule has 1 atom stereocenters. The number of ether oxygens (including phenoxy) is 3. The third kappa shape index (κ3) is 7.06. The third-order valence-electron chi connectivity index (χ3n) is 5.36. The first-order chi connectivity index (χ1) is 14.5. The van der Waals surface area contributed by atoms with Crippen LogP contribution in [0.2, 0.25) is 0 Å². The predicted octanol–water partition coefficient (Wildman–Crippen LogP) is 4.70. The molecule has 2 rings (SSSR count). The van der Waals surface area contributed by atoms with E-state index >= 15 is 0 Å². The van der Waals surface area contributed by atoms with Crippen LogP contribution in [0, 0.1) is 0 Å². The van der Waals surface area contributed by atoms with Gasteiger partial charge in [-0.15, -0.1) is 0 Å². The van der Waals surface area contributed by atoms with E-state index in [4.69, 9.17) is 19.9 Å². The van der Waals surface area contributed by atoms with E-state index in [0.717, 1.165) is 30.6 Å². The van der Waals surface area contributed by atoms with Crippen molar-refractivity contribution in [1.29, 1.82) is 0 Å². The minimum Gasteiger partial charge on any atom is -0.493 e. The van der Waals surface area contributed by atoms with Crippen molar-refractivity contribution in [3.05, 3.63) is 59.7 Å². The van der Waals surface area contributed by atoms with Gasteiger partial charge < -0.3 is 19.9 Å². The van der Waals surface area contributed by atoms with Crippen LogP contribution < -0.4 is 15.2 Å². The number of methoxy groups -OCH3 is 1. The molecule has 0 amide bonds. The fraction of sp³-hybridized carbons (Fsp3) is 0.480. The highest BCUT2D eigenvalue weighted by molar-refractivity contribution is 5.80. The molecule has 0 spiro atoms. The number of hydrogen-bond donors (Lipinski definition) is 1. The molecule has 0 aromatic heterocycles. The summed E-state index contributed by atoms with van der Waals surface area (Å²) in [4.78, 5) is 12.2. The topological polar surface area (TPSA) is 70.8 Å². The summed E-state index contributed by atoms with van der Waals surface area (Å²) in [5.41, 5.74) is 7.72. The van der Waals surface area contributed by atoms with E-state index in [1.54, 1.807) is 14.0 Å². The predicted molar refractivity (Wildman–Crippen MR) is 120 cm³/mol. The van der Waals surface area contributed by atoms with E-state index in [2.05, 4.69) is 24.3 Å². The van der Waals surface area contributed by atoms with Gasteiger partial charge in [-0.2, -0.15) is 0 Å². The van der Waals surface area contributed by atoms with Crippen molar-refractivity contribution in [2.75, 3.05) is 20.3 Å². The third-order valence-corrected chi connectivity index (χ3v) is 5.36. The lowest BCUT2D eigenvalue weighted by Crippen LogP contribution is -2.48. The largest absolute Gasteiger partial charge is 0.493 e. The van der Waals surface area contributed by atoms with Gasteiger partial charge in [0, 0.05) is 0 Å². The number of aryl methyl sites for hydroxylation is 2. The van der Waals surface area contributed by atoms with E-state index in [0.29, 0.717) is 38.2 Å². The molecular weight excluding hydrogens is 378 g/mol. The fourth-order valence-corrected chi connectivity index (χ4v) is 3.31. The number of carbonyl (C=O) groups excluding carboxylic acids is 1. The molecule has 0 aliphatic heterocycles. The van der Waals surface area contributed by atoms with Crippen molar-refractivity contribution < 1.29 is 19.0 Å². The van der Waals surface area contributed by atoms with Crippen LogP contribution in [0.15, 0.2) is 48.5 Å². The highest BCUT2D eigenvalue weighted by atomic mass is 16.5. The summed E-state index contributed by atoms with van der Waals surface area (Å²) in [6, 6.07) is 16.4. The highest BCUT2D eigenvalue weighted by Crippen LogP contribution is 2.29. The van der Waals surface area contributed by atoms with Gasteiger partial charge in [-0.05, 0) is 68.7 Å². The van der Waals surface area contributed by atoms with E-state index in [9.17, 15) is 4.79 Å². The fourth-order valence-electron chi connectivity index (χ4n) is 3.31. The molecule has 0 radical (unpaired) electrons. The second-order valence-corrected chi connectivity index (χ2v) is 7.51. The Morgan fingerprint density at radius 1 is 0.967 bits per heavy atom. The van der Waals surface area contributed by atoms with Crippen LogP contribution in [0.4, 0.5) is 0 Å². The van der Waals surface area contributed by atoms with Gasteiger partial charge in [-0.3, -0.25) is 4.79 Å². The molecule has 0 aliphatic rings. The van der Waals surface area contributed by atoms with Crippen molar-refractivity contribution in [3.8, 4) is 11.5 Å². The zero-order valence-corrected chi connectivity index (χ0v) is 18.5. The van der Waals surface area contributed by atoms with Crippen LogP contribution in [-0.2, 0) is 22.4 Å². The normalized spacial score (nSPS) is 12.8. The van der Waals surface area contributed by atoms with Crippen molar-refractivity contribution in [2.24, 2.45) is 5.73 Å². The maximum absolute atomic E-state index is 12.2. The Balaban J connectivity index is 1.85. The SMILES string of the molecule is CCOC(=O)[C@@](N)(CC)CCc1ccc(OCCCCc2ccccc2)c(OC)c1. The summed E-state index contributed by atoms with van der Waals surface area (Å²) in [5, 5.41) is 0. The Hall–Kier alpha value is -2.53. The van der Waals surface area contributed by atoms with E-state index in [-0.39, 0.29) is 5.97 Å². The lowest BCUT2D eigenvalue weighted by molar-refractivity contribution is -0.150. The van der Waals surface area contributed by atoms with Gasteiger partial charge in [-0.1, -0.05) is 43.3 Å². The van der Waals surface area contributed by atoms with Crippen molar-refractivity contribution in [1.82, 2.24) is 0 Å². The summed E-state index contributed by atoms with van der Waals surface area (Å²) < 4.78 is 16.6. The summed E-state index contributed by atoms with van der Waals surface area (Å²) in [7, 11) is 1.64. The first-order valence-electron chi connectivity index (χ1n) is 10.8. The number of nitrogens with two attached hydrogens (primary N) is 1. The molecule has 30 heavy (non-hydrogen) atoms. The van der Waals surface area contributed by atoms with Gasteiger partial charge in [0.05, 0.1) is 20.3 Å². The first-order valence-corrected chi connectivity index (χ1v) is 10.8. The van der Waals surface area contributed by atoms with Crippen LogP contribution in [0.25, 0.3) is 0 Å². The Bertz CT molecular complexity index is 778. The molecule has 164 valence electrons. The molecule has 5 nitrogen and oxygen atoms in total. The van der Waals surface area contributed by atoms with Crippen molar-refractivity contribution >= 4 is 5.97 Å². The smallest absolute Gasteiger partial charge is 0.326 e. The molecule has 2 aromatic carbocycles. The molecular formula is C25H35NO4. The maximum atomic E-state index is 12.2. The average molecular weight is 414 g/mol. The van der Waals surface area contributed by atoms with Gasteiger partial charge >= 0.3 is 5.97 Å². The Morgan fingerprint density at radius 3 is 2.40 bits per heavy atom. The van der Waals surface area contributed by atoms with Crippen LogP contribution in [0.3, 0.4) is 0 Å². The van der Waals surface area contributed by atoms with Gasteiger partial charge in [0.1, 0.15) is 5.54 Å². The molecule has 2 N–H and O–H groups in total. The van der Waals surface area contributed by atoms with Gasteiger partial charge in [0.15, 0.2) is 11.5 Å². The number of unbranched alkanes of at least 4 members (excludes halogenated alkanes) is 1. The zero-order chi connectivity index (χ0) is 21.8. The molecule has 0 heterocycles. The average Bonchev–Trinajstić information content (AvgIpc) is 2.78. The van der Waals surface area contributed by atoms with Gasteiger partial charge in [0.25, 0.3) is 0 Å². The number of esters is 1. The summed E-state index contributed by atoms with van der Waals surface area (Å²) >= 11 is 0. The number of carbonyl (C=O) groups is 1. The van der Waals surface area contributed by atoms with E-state index in [1.807, 2.05) is 31.2 Å². The van der Waals surface area contributed by atoms with Crippen molar-refractivity contribution in [3.63, 3.8) is 0 Å². The Labute approximate surface area is 180 Å². The maximum Gasteiger partial charge on any atom is 0.326 e. The molecule has 0 unspecified atom stereocenters. The van der Waals surface area contributed by atoms with E-state index < -0.39 is 5.54 Å². The zero-order valence-electron chi connectivity index (χ0n) is 18.5. The number of rotatable bonds is 13. The second-order valence-electron chi connectivity index (χ2n) is 7.51. The summed E-state index contributed by atoms with van der Waals surface area (Å²) in [5.74, 6) is 1.10. The van der Waals surface area contributed by atoms with Crippen molar-refractivity contribution in [2.45, 2.75) is 57.9 Å². The van der Waals surface area contributed by atoms with Crippen LogP contribution in [-0.4, -0.2) is 31.8 Å². The highest BCUT2D eigenvalue weighted by Gasteiger charge is 2.33. The van der Waals surface area contributed by atoms with Crippen LogP contribution in [0.5, 0.6) is 11.5 Å². The standard InChI is InChI=1S/C25H35NO4/c1-4-25(26,24(27)29-5-2)17-16-21-14-15-22(23(19-21)28-3)30-18-10-9-13-20-11-7-6-8-12-20/h6-8,11-12,14-15,19H,4-5,9-10,13,16-18,26H2,1-3H3/t25-/m1/s1. The lowest BCUT2D eigenvalue weighted by Gasteiger charge is -2.25. The second kappa shape index (κ2) is 12.2. The molecule has 0 saturated heterocycles. The number of hydrogen-bond acceptors (Lipinski definition) is 5. The molecule has 0 aliphatic carbocycles. The van der Waals surface area contributed by atoms with Crippen LogP contribution in [0.1, 0.15) is 50.7 Å². The molecule has 0 fully saturated rings. The number of benzene rings is 2. The molecule has 0 bridgehead atoms. The Kier molecular flexibility index (Phi) is 9.68. The Morgan fingerprint density at radius 2 is 1.73 bits per heavy atom. The lowest BCUT2D eigenvalue weighted by atomic mass is 9.89. The quantitative estimate of drug-likeness (QED) is 0.381. The molecule has 0 saturated carbocycles. The molecule has 2 aromatic rings. The summed E-state index contributed by atoms with van der Waals surface area (Å²) in [6.07, 6.45) is 4.83. The minimum absolute atomic E-state index is 0.336. The minimum atomic E-state index is -0.961. The summed E-state index contributed by atoms with van der Waals surface area (Å²) in [6.45, 7) is 4.68. The molecule has 5 heteroatoms.